The summed E-state index contributed by atoms with van der Waals surface area (Å²) in [5, 5.41) is 9.87. The van der Waals surface area contributed by atoms with Crippen LogP contribution in [0.5, 0.6) is 0 Å². The Labute approximate surface area is 310 Å². The first kappa shape index (κ1) is 30.0. The van der Waals surface area contributed by atoms with E-state index in [1.165, 1.54) is 64.0 Å². The van der Waals surface area contributed by atoms with Crippen LogP contribution in [0.1, 0.15) is 0 Å². The maximum absolute atomic E-state index is 6.23. The molecule has 248 valence electrons. The Morgan fingerprint density at radius 3 is 1.91 bits per heavy atom. The van der Waals surface area contributed by atoms with E-state index in [0.717, 1.165) is 39.0 Å². The predicted octanol–water partition coefficient (Wildman–Crippen LogP) is 15.1. The molecule has 0 amide bonds. The highest BCUT2D eigenvalue weighted by Crippen LogP contribution is 2.47. The Morgan fingerprint density at radius 2 is 1.04 bits per heavy atom. The van der Waals surface area contributed by atoms with Gasteiger partial charge in [-0.3, -0.25) is 0 Å². The van der Waals surface area contributed by atoms with Crippen molar-refractivity contribution in [3.8, 4) is 22.3 Å². The molecule has 0 fully saturated rings. The molecule has 53 heavy (non-hydrogen) atoms. The van der Waals surface area contributed by atoms with Crippen LogP contribution in [0.3, 0.4) is 0 Å². The lowest BCUT2D eigenvalue weighted by molar-refractivity contribution is 0.669. The molecule has 0 radical (unpaired) electrons. The van der Waals surface area contributed by atoms with Gasteiger partial charge in [-0.25, -0.2) is 0 Å². The van der Waals surface area contributed by atoms with Crippen molar-refractivity contribution < 1.29 is 4.42 Å². The molecule has 0 spiro atoms. The van der Waals surface area contributed by atoms with E-state index in [4.69, 9.17) is 4.42 Å². The number of para-hydroxylation sites is 2. The molecule has 0 aliphatic carbocycles. The summed E-state index contributed by atoms with van der Waals surface area (Å²) >= 11 is 1.88. The molecule has 0 saturated carbocycles. The van der Waals surface area contributed by atoms with E-state index in [-0.39, 0.29) is 0 Å². The van der Waals surface area contributed by atoms with E-state index < -0.39 is 0 Å². The fourth-order valence-electron chi connectivity index (χ4n) is 8.06. The van der Waals surface area contributed by atoms with Gasteiger partial charge in [-0.15, -0.1) is 11.3 Å². The summed E-state index contributed by atoms with van der Waals surface area (Å²) in [4.78, 5) is 2.37. The quantitative estimate of drug-likeness (QED) is 0.178. The molecule has 0 aliphatic rings. The van der Waals surface area contributed by atoms with E-state index in [9.17, 15) is 0 Å². The zero-order valence-corrected chi connectivity index (χ0v) is 29.5. The molecule has 11 aromatic rings. The van der Waals surface area contributed by atoms with E-state index >= 15 is 0 Å². The zero-order chi connectivity index (χ0) is 34.9. The fourth-order valence-corrected chi connectivity index (χ4v) is 9.30. The average molecular weight is 694 g/mol. The topological polar surface area (TPSA) is 16.4 Å². The first-order valence-corrected chi connectivity index (χ1v) is 18.8. The van der Waals surface area contributed by atoms with Gasteiger partial charge >= 0.3 is 0 Å². The monoisotopic (exact) mass is 693 g/mol. The third-order valence-corrected chi connectivity index (χ3v) is 11.8. The third-order valence-electron chi connectivity index (χ3n) is 10.6. The van der Waals surface area contributed by atoms with Crippen molar-refractivity contribution in [3.05, 3.63) is 188 Å². The molecule has 9 aromatic carbocycles. The minimum absolute atomic E-state index is 0.912. The van der Waals surface area contributed by atoms with Crippen LogP contribution in [0.4, 0.5) is 17.1 Å². The molecule has 0 aliphatic heterocycles. The van der Waals surface area contributed by atoms with Crippen molar-refractivity contribution in [2.24, 2.45) is 0 Å². The van der Waals surface area contributed by atoms with Crippen molar-refractivity contribution in [1.82, 2.24) is 0 Å². The predicted molar refractivity (Wildman–Crippen MR) is 227 cm³/mol. The lowest BCUT2D eigenvalue weighted by Gasteiger charge is -2.26. The van der Waals surface area contributed by atoms with Crippen LogP contribution in [-0.4, -0.2) is 0 Å². The van der Waals surface area contributed by atoms with Crippen LogP contribution < -0.4 is 4.90 Å². The van der Waals surface area contributed by atoms with Gasteiger partial charge in [0.2, 0.25) is 0 Å². The van der Waals surface area contributed by atoms with Crippen molar-refractivity contribution >= 4 is 92.1 Å². The Balaban J connectivity index is 1.10. The molecule has 0 unspecified atom stereocenters. The second-order valence-electron chi connectivity index (χ2n) is 13.7. The number of rotatable bonds is 5. The molecule has 11 rings (SSSR count). The second kappa shape index (κ2) is 11.9. The smallest absolute Gasteiger partial charge is 0.135 e. The highest BCUT2D eigenvalue weighted by molar-refractivity contribution is 7.26. The Morgan fingerprint density at radius 1 is 0.377 bits per heavy atom. The molecular weight excluding hydrogens is 663 g/mol. The van der Waals surface area contributed by atoms with Gasteiger partial charge in [-0.2, -0.15) is 0 Å². The molecule has 2 nitrogen and oxygen atoms in total. The first-order valence-electron chi connectivity index (χ1n) is 18.0. The molecule has 0 saturated heterocycles. The van der Waals surface area contributed by atoms with Gasteiger partial charge in [0.05, 0.1) is 0 Å². The Bertz CT molecular complexity index is 3170. The van der Waals surface area contributed by atoms with Crippen LogP contribution in [0.25, 0.3) is 85.9 Å². The van der Waals surface area contributed by atoms with Crippen molar-refractivity contribution in [3.63, 3.8) is 0 Å². The fraction of sp³-hybridized carbons (Fsp3) is 0. The molecule has 0 bridgehead atoms. The van der Waals surface area contributed by atoms with E-state index in [0.29, 0.717) is 0 Å². The van der Waals surface area contributed by atoms with E-state index in [1.54, 1.807) is 0 Å². The van der Waals surface area contributed by atoms with E-state index in [2.05, 4.69) is 181 Å². The van der Waals surface area contributed by atoms with Crippen LogP contribution in [0.2, 0.25) is 0 Å². The van der Waals surface area contributed by atoms with Crippen LogP contribution >= 0.6 is 11.3 Å². The lowest BCUT2D eigenvalue weighted by atomic mass is 9.94. The van der Waals surface area contributed by atoms with Gasteiger partial charge in [-0.05, 0) is 117 Å². The summed E-state index contributed by atoms with van der Waals surface area (Å²) in [5.74, 6) is 0. The number of hydrogen-bond donors (Lipinski definition) is 0. The Hall–Kier alpha value is -6.68. The van der Waals surface area contributed by atoms with Gasteiger partial charge < -0.3 is 9.32 Å². The summed E-state index contributed by atoms with van der Waals surface area (Å²) in [7, 11) is 0. The SMILES string of the molecule is c1ccc(N(c2ccc(-c3ccc4ccccc4c3)cc2)c2ccc3sc4c5ccccc5cc(-c5ccc6oc7ccccc7c6c5)c4c3c2)cc1. The van der Waals surface area contributed by atoms with Crippen molar-refractivity contribution in [2.45, 2.75) is 0 Å². The largest absolute Gasteiger partial charge is 0.456 e. The minimum atomic E-state index is 0.912. The summed E-state index contributed by atoms with van der Waals surface area (Å²) in [5.41, 5.74) is 10.0. The summed E-state index contributed by atoms with van der Waals surface area (Å²) < 4.78 is 8.82. The molecule has 0 atom stereocenters. The second-order valence-corrected chi connectivity index (χ2v) is 14.8. The normalized spacial score (nSPS) is 11.8. The standard InChI is InChI=1S/C50H31NOS/c1-2-13-38(14-3-1)51(39-23-20-33(21-24-39)35-19-18-32-10-4-5-11-34(32)28-35)40-25-27-48-45(31-40)49-43(29-36-12-6-7-15-41(36)50(49)53-48)37-22-26-47-44(30-37)42-16-8-9-17-46(42)52-47/h1-31H. The van der Waals surface area contributed by atoms with Crippen LogP contribution in [-0.2, 0) is 0 Å². The average Bonchev–Trinajstić information content (AvgIpc) is 3.80. The minimum Gasteiger partial charge on any atom is -0.456 e. The number of thiophene rings is 1. The molecule has 2 heterocycles. The first-order chi connectivity index (χ1) is 26.2. The van der Waals surface area contributed by atoms with Gasteiger partial charge in [0.15, 0.2) is 0 Å². The van der Waals surface area contributed by atoms with Gasteiger partial charge in [0.25, 0.3) is 0 Å². The zero-order valence-electron chi connectivity index (χ0n) is 28.7. The van der Waals surface area contributed by atoms with Crippen LogP contribution in [0.15, 0.2) is 192 Å². The van der Waals surface area contributed by atoms with Gasteiger partial charge in [-0.1, -0.05) is 115 Å². The number of nitrogens with zero attached hydrogens (tertiary/aromatic N) is 1. The number of fused-ring (bicyclic) bond motifs is 9. The van der Waals surface area contributed by atoms with Gasteiger partial charge in [0.1, 0.15) is 11.2 Å². The van der Waals surface area contributed by atoms with Gasteiger partial charge in [0, 0.05) is 48.0 Å². The van der Waals surface area contributed by atoms with Crippen molar-refractivity contribution in [2.75, 3.05) is 4.90 Å². The highest BCUT2D eigenvalue weighted by atomic mass is 32.1. The number of anilines is 3. The molecular formula is C50H31NOS. The third kappa shape index (κ3) is 4.93. The van der Waals surface area contributed by atoms with Crippen LogP contribution in [0, 0.1) is 0 Å². The van der Waals surface area contributed by atoms with E-state index in [1.807, 2.05) is 23.5 Å². The highest BCUT2D eigenvalue weighted by Gasteiger charge is 2.19. The number of hydrogen-bond acceptors (Lipinski definition) is 3. The molecule has 3 heteroatoms. The number of benzene rings is 9. The summed E-state index contributed by atoms with van der Waals surface area (Å²) in [6.07, 6.45) is 0. The summed E-state index contributed by atoms with van der Waals surface area (Å²) in [6.45, 7) is 0. The molecule has 0 N–H and O–H groups in total. The summed E-state index contributed by atoms with van der Waals surface area (Å²) in [6, 6.07) is 68.0. The maximum Gasteiger partial charge on any atom is 0.135 e. The number of furan rings is 1. The Kier molecular flexibility index (Phi) is 6.76. The molecule has 2 aromatic heterocycles. The van der Waals surface area contributed by atoms with Crippen molar-refractivity contribution in [1.29, 1.82) is 0 Å². The maximum atomic E-state index is 6.23. The lowest BCUT2D eigenvalue weighted by Crippen LogP contribution is -2.09.